The molecule has 0 radical (unpaired) electrons. The molecule has 0 N–H and O–H groups in total. The van der Waals surface area contributed by atoms with Gasteiger partial charge in [-0.1, -0.05) is 12.2 Å². The molecule has 1 aliphatic heterocycles. The molecular weight excluding hydrogens is 434 g/mol. The first kappa shape index (κ1) is 23.5. The Morgan fingerprint density at radius 3 is 1.71 bits per heavy atom. The van der Waals surface area contributed by atoms with Crippen LogP contribution in [-0.4, -0.2) is 66.1 Å². The minimum Gasteiger partial charge on any atom is -0.377 e. The Hall–Kier alpha value is -3.69. The van der Waals surface area contributed by atoms with Crippen LogP contribution in [0.4, 0.5) is 0 Å². The molecule has 0 aromatic carbocycles. The molecular formula is C25H27N5O4. The van der Waals surface area contributed by atoms with Crippen molar-refractivity contribution in [2.24, 2.45) is 9.98 Å². The van der Waals surface area contributed by atoms with Gasteiger partial charge in [-0.2, -0.15) is 0 Å². The van der Waals surface area contributed by atoms with Crippen LogP contribution >= 0.6 is 0 Å². The zero-order valence-electron chi connectivity index (χ0n) is 19.0. The molecule has 176 valence electrons. The van der Waals surface area contributed by atoms with E-state index in [1.54, 1.807) is 43.0 Å². The largest absolute Gasteiger partial charge is 0.377 e. The minimum absolute atomic E-state index is 0.249. The lowest BCUT2D eigenvalue weighted by Crippen LogP contribution is -2.23. The Balaban J connectivity index is 2.02. The SMILES string of the molecule is C=CCn1cc2c3nc4c(cn(CC=C)c(=O)c4cc3c1=O)C=NCCOCCOCCN=C2. The first-order valence-electron chi connectivity index (χ1n) is 11.1. The van der Waals surface area contributed by atoms with Crippen LogP contribution in [0, 0.1) is 0 Å². The quantitative estimate of drug-likeness (QED) is 0.437. The Morgan fingerprint density at radius 1 is 0.794 bits per heavy atom. The lowest BCUT2D eigenvalue weighted by atomic mass is 10.1. The van der Waals surface area contributed by atoms with E-state index in [9.17, 15) is 9.59 Å². The van der Waals surface area contributed by atoms with Crippen LogP contribution < -0.4 is 11.1 Å². The van der Waals surface area contributed by atoms with Crippen molar-refractivity contribution in [1.82, 2.24) is 14.1 Å². The maximum atomic E-state index is 13.2. The molecule has 0 fully saturated rings. The average Bonchev–Trinajstić information content (AvgIpc) is 2.84. The van der Waals surface area contributed by atoms with E-state index in [2.05, 4.69) is 23.1 Å². The molecule has 0 atom stereocenters. The first-order chi connectivity index (χ1) is 16.6. The van der Waals surface area contributed by atoms with Crippen LogP contribution in [0.2, 0.25) is 0 Å². The van der Waals surface area contributed by atoms with Gasteiger partial charge in [-0.15, -0.1) is 13.2 Å². The summed E-state index contributed by atoms with van der Waals surface area (Å²) in [7, 11) is 0. The molecule has 0 aliphatic carbocycles. The summed E-state index contributed by atoms with van der Waals surface area (Å²) in [5.41, 5.74) is 1.80. The number of allylic oxidation sites excluding steroid dienone is 2. The smallest absolute Gasteiger partial charge is 0.260 e. The summed E-state index contributed by atoms with van der Waals surface area (Å²) in [5.74, 6) is 0. The molecule has 0 spiro atoms. The number of nitrogens with zero attached hydrogens (tertiary/aromatic N) is 5. The summed E-state index contributed by atoms with van der Waals surface area (Å²) in [5, 5.41) is 0.689. The number of hydrogen-bond donors (Lipinski definition) is 0. The summed E-state index contributed by atoms with van der Waals surface area (Å²) in [6, 6.07) is 1.62. The predicted octanol–water partition coefficient (Wildman–Crippen LogP) is 1.97. The third-order valence-corrected chi connectivity index (χ3v) is 5.36. The number of pyridine rings is 3. The highest BCUT2D eigenvalue weighted by Gasteiger charge is 2.15. The number of ether oxygens (including phenoxy) is 2. The molecule has 34 heavy (non-hydrogen) atoms. The first-order valence-corrected chi connectivity index (χ1v) is 11.1. The van der Waals surface area contributed by atoms with E-state index in [-0.39, 0.29) is 11.1 Å². The summed E-state index contributed by atoms with van der Waals surface area (Å²) in [4.78, 5) is 40.1. The fourth-order valence-corrected chi connectivity index (χ4v) is 3.78. The van der Waals surface area contributed by atoms with E-state index in [1.807, 2.05) is 0 Å². The van der Waals surface area contributed by atoms with Gasteiger partial charge in [0.1, 0.15) is 0 Å². The lowest BCUT2D eigenvalue weighted by Gasteiger charge is -2.12. The van der Waals surface area contributed by atoms with Crippen LogP contribution in [0.3, 0.4) is 0 Å². The maximum absolute atomic E-state index is 13.2. The van der Waals surface area contributed by atoms with Gasteiger partial charge in [0.25, 0.3) is 11.1 Å². The standard InChI is InChI=1S/C25H27N5O4/c1-3-7-29-16-18-14-26-5-9-33-11-12-34-10-6-27-15-19-17-30(8-4-2)25(32)21-13-20(24(29)31)22(18)28-23(19)21/h3-4,13-17H,1-2,5-12H2. The van der Waals surface area contributed by atoms with Crippen LogP contribution in [0.5, 0.6) is 0 Å². The molecule has 0 saturated heterocycles. The van der Waals surface area contributed by atoms with Crippen molar-refractivity contribution in [3.05, 3.63) is 75.6 Å². The summed E-state index contributed by atoms with van der Waals surface area (Å²) < 4.78 is 14.2. The van der Waals surface area contributed by atoms with Gasteiger partial charge in [-0.25, -0.2) is 4.98 Å². The Labute approximate surface area is 196 Å². The molecule has 3 aromatic rings. The predicted molar refractivity (Wildman–Crippen MR) is 135 cm³/mol. The molecule has 4 heterocycles. The Bertz CT molecular complexity index is 1300. The van der Waals surface area contributed by atoms with Crippen molar-refractivity contribution in [3.8, 4) is 0 Å². The second kappa shape index (κ2) is 11.0. The van der Waals surface area contributed by atoms with Crippen LogP contribution in [-0.2, 0) is 22.6 Å². The summed E-state index contributed by atoms with van der Waals surface area (Å²) >= 11 is 0. The third-order valence-electron chi connectivity index (χ3n) is 5.36. The average molecular weight is 462 g/mol. The molecule has 0 amide bonds. The van der Waals surface area contributed by atoms with Crippen molar-refractivity contribution in [2.45, 2.75) is 13.1 Å². The van der Waals surface area contributed by atoms with E-state index in [1.165, 1.54) is 9.13 Å². The van der Waals surface area contributed by atoms with Crippen molar-refractivity contribution in [3.63, 3.8) is 0 Å². The number of rotatable bonds is 4. The van der Waals surface area contributed by atoms with Crippen molar-refractivity contribution < 1.29 is 9.47 Å². The van der Waals surface area contributed by atoms with Gasteiger partial charge in [0.05, 0.1) is 61.3 Å². The molecule has 9 nitrogen and oxygen atoms in total. The molecule has 1 aliphatic rings. The van der Waals surface area contributed by atoms with E-state index in [4.69, 9.17) is 14.5 Å². The zero-order chi connectivity index (χ0) is 23.9. The highest BCUT2D eigenvalue weighted by Crippen LogP contribution is 2.20. The maximum Gasteiger partial charge on any atom is 0.260 e. The van der Waals surface area contributed by atoms with E-state index >= 15 is 0 Å². The molecule has 2 bridgehead atoms. The fraction of sp³-hybridized carbons (Fsp3) is 0.320. The molecule has 0 unspecified atom stereocenters. The summed E-state index contributed by atoms with van der Waals surface area (Å²) in [6.07, 6.45) is 10.1. The zero-order valence-corrected chi connectivity index (χ0v) is 19.0. The highest BCUT2D eigenvalue weighted by atomic mass is 16.5. The van der Waals surface area contributed by atoms with Gasteiger partial charge in [0.15, 0.2) is 0 Å². The number of hydrogen-bond acceptors (Lipinski definition) is 7. The third kappa shape index (κ3) is 4.95. The molecule has 9 heteroatoms. The molecule has 4 rings (SSSR count). The van der Waals surface area contributed by atoms with Crippen LogP contribution in [0.15, 0.2) is 63.3 Å². The van der Waals surface area contributed by atoms with E-state index in [0.29, 0.717) is 85.5 Å². The second-order valence-corrected chi connectivity index (χ2v) is 7.74. The molecule has 3 aromatic heterocycles. The second-order valence-electron chi connectivity index (χ2n) is 7.74. The van der Waals surface area contributed by atoms with Crippen LogP contribution in [0.1, 0.15) is 11.1 Å². The fourth-order valence-electron chi connectivity index (χ4n) is 3.78. The van der Waals surface area contributed by atoms with Crippen molar-refractivity contribution >= 4 is 34.2 Å². The highest BCUT2D eigenvalue weighted by molar-refractivity contribution is 6.05. The van der Waals surface area contributed by atoms with Crippen molar-refractivity contribution in [1.29, 1.82) is 0 Å². The van der Waals surface area contributed by atoms with E-state index < -0.39 is 0 Å². The minimum atomic E-state index is -0.249. The number of aromatic nitrogens is 3. The normalized spacial score (nSPS) is 15.2. The lowest BCUT2D eigenvalue weighted by molar-refractivity contribution is 0.0541. The Kier molecular flexibility index (Phi) is 7.56. The van der Waals surface area contributed by atoms with Crippen molar-refractivity contribution in [2.75, 3.05) is 39.5 Å². The number of aliphatic imine (C=N–C) groups is 2. The molecule has 0 saturated carbocycles. The Morgan fingerprint density at radius 2 is 1.26 bits per heavy atom. The van der Waals surface area contributed by atoms with Gasteiger partial charge >= 0.3 is 0 Å². The topological polar surface area (TPSA) is 100 Å². The van der Waals surface area contributed by atoms with Gasteiger partial charge < -0.3 is 18.6 Å². The van der Waals surface area contributed by atoms with Gasteiger partial charge in [0.2, 0.25) is 0 Å². The van der Waals surface area contributed by atoms with Gasteiger partial charge in [0, 0.05) is 49.0 Å². The van der Waals surface area contributed by atoms with E-state index in [0.717, 1.165) is 0 Å². The van der Waals surface area contributed by atoms with Gasteiger partial charge in [-0.05, 0) is 6.07 Å². The summed E-state index contributed by atoms with van der Waals surface area (Å²) in [6.45, 7) is 10.9. The van der Waals surface area contributed by atoms with Gasteiger partial charge in [-0.3, -0.25) is 19.6 Å². The monoisotopic (exact) mass is 461 g/mol. The van der Waals surface area contributed by atoms with Crippen LogP contribution in [0.25, 0.3) is 21.8 Å².